The van der Waals surface area contributed by atoms with E-state index in [0.717, 1.165) is 25.9 Å². The van der Waals surface area contributed by atoms with Gasteiger partial charge in [-0.3, -0.25) is 4.90 Å². The van der Waals surface area contributed by atoms with Crippen molar-refractivity contribution in [2.75, 3.05) is 13.1 Å². The highest BCUT2D eigenvalue weighted by molar-refractivity contribution is 7.07. The minimum atomic E-state index is -0.568. The molecule has 1 aliphatic rings. The lowest BCUT2D eigenvalue weighted by Crippen LogP contribution is -2.50. The first-order valence-electron chi connectivity index (χ1n) is 6.24. The van der Waals surface area contributed by atoms with Crippen molar-refractivity contribution in [3.05, 3.63) is 22.4 Å². The van der Waals surface area contributed by atoms with Gasteiger partial charge in [0.05, 0.1) is 11.6 Å². The van der Waals surface area contributed by atoms with E-state index in [1.807, 2.05) is 13.8 Å². The standard InChI is InChI=1S/C13H22N2OS/c1-10(14)12(11-4-7-17-8-11)15-6-3-5-13(2,16)9-15/h4,7-8,10,12,16H,3,5-6,9,14H2,1-2H3. The van der Waals surface area contributed by atoms with Gasteiger partial charge in [-0.2, -0.15) is 11.3 Å². The largest absolute Gasteiger partial charge is 0.389 e. The summed E-state index contributed by atoms with van der Waals surface area (Å²) in [6.07, 6.45) is 1.93. The number of aliphatic hydroxyl groups is 1. The maximum absolute atomic E-state index is 10.2. The van der Waals surface area contributed by atoms with Gasteiger partial charge in [0.25, 0.3) is 0 Å². The van der Waals surface area contributed by atoms with Gasteiger partial charge in [0.1, 0.15) is 0 Å². The second kappa shape index (κ2) is 5.06. The quantitative estimate of drug-likeness (QED) is 0.867. The third-order valence-corrected chi connectivity index (χ3v) is 4.18. The van der Waals surface area contributed by atoms with Crippen LogP contribution in [0.3, 0.4) is 0 Å². The molecule has 0 amide bonds. The fourth-order valence-corrected chi connectivity index (χ4v) is 3.48. The Bertz CT molecular complexity index is 348. The highest BCUT2D eigenvalue weighted by atomic mass is 32.1. The number of piperidine rings is 1. The summed E-state index contributed by atoms with van der Waals surface area (Å²) in [5, 5.41) is 14.4. The van der Waals surface area contributed by atoms with Crippen LogP contribution in [0.15, 0.2) is 16.8 Å². The molecule has 3 unspecified atom stereocenters. The van der Waals surface area contributed by atoms with Gasteiger partial charge in [0.2, 0.25) is 0 Å². The van der Waals surface area contributed by atoms with Gasteiger partial charge >= 0.3 is 0 Å². The molecule has 4 heteroatoms. The van der Waals surface area contributed by atoms with Gasteiger partial charge in [-0.05, 0) is 55.6 Å². The van der Waals surface area contributed by atoms with Crippen LogP contribution in [0, 0.1) is 0 Å². The Kier molecular flexibility index (Phi) is 3.88. The van der Waals surface area contributed by atoms with Gasteiger partial charge in [-0.15, -0.1) is 0 Å². The Morgan fingerprint density at radius 2 is 2.35 bits per heavy atom. The van der Waals surface area contributed by atoms with Crippen molar-refractivity contribution in [3.8, 4) is 0 Å². The summed E-state index contributed by atoms with van der Waals surface area (Å²) in [6, 6.07) is 2.45. The fraction of sp³-hybridized carbons (Fsp3) is 0.692. The van der Waals surface area contributed by atoms with Crippen LogP contribution in [-0.2, 0) is 0 Å². The minimum Gasteiger partial charge on any atom is -0.389 e. The van der Waals surface area contributed by atoms with Gasteiger partial charge < -0.3 is 10.8 Å². The number of likely N-dealkylation sites (tertiary alicyclic amines) is 1. The van der Waals surface area contributed by atoms with Gasteiger partial charge in [0.15, 0.2) is 0 Å². The summed E-state index contributed by atoms with van der Waals surface area (Å²) in [7, 11) is 0. The van der Waals surface area contributed by atoms with Crippen molar-refractivity contribution in [2.45, 2.75) is 44.4 Å². The molecule has 3 nitrogen and oxygen atoms in total. The van der Waals surface area contributed by atoms with E-state index in [4.69, 9.17) is 5.73 Å². The average molecular weight is 254 g/mol. The Labute approximate surface area is 107 Å². The van der Waals surface area contributed by atoms with E-state index in [-0.39, 0.29) is 12.1 Å². The molecule has 17 heavy (non-hydrogen) atoms. The molecule has 0 bridgehead atoms. The molecule has 2 rings (SSSR count). The van der Waals surface area contributed by atoms with Crippen molar-refractivity contribution in [3.63, 3.8) is 0 Å². The first-order valence-corrected chi connectivity index (χ1v) is 7.18. The summed E-state index contributed by atoms with van der Waals surface area (Å²) in [5.41, 5.74) is 6.84. The molecule has 2 heterocycles. The van der Waals surface area contributed by atoms with Crippen LogP contribution in [0.25, 0.3) is 0 Å². The first kappa shape index (κ1) is 13.0. The second-order valence-electron chi connectivity index (χ2n) is 5.43. The fourth-order valence-electron chi connectivity index (χ4n) is 2.79. The average Bonchev–Trinajstić information content (AvgIpc) is 2.69. The predicted molar refractivity (Wildman–Crippen MR) is 72.1 cm³/mol. The zero-order chi connectivity index (χ0) is 12.5. The summed E-state index contributed by atoms with van der Waals surface area (Å²) >= 11 is 1.70. The molecular formula is C13H22N2OS. The number of hydrogen-bond acceptors (Lipinski definition) is 4. The number of rotatable bonds is 3. The van der Waals surface area contributed by atoms with E-state index in [1.54, 1.807) is 11.3 Å². The number of hydrogen-bond donors (Lipinski definition) is 2. The molecule has 0 aliphatic carbocycles. The summed E-state index contributed by atoms with van der Waals surface area (Å²) in [4.78, 5) is 2.33. The van der Waals surface area contributed by atoms with Crippen LogP contribution >= 0.6 is 11.3 Å². The Morgan fingerprint density at radius 3 is 2.88 bits per heavy atom. The van der Waals surface area contributed by atoms with E-state index in [9.17, 15) is 5.11 Å². The zero-order valence-corrected chi connectivity index (χ0v) is 11.4. The van der Waals surface area contributed by atoms with Crippen molar-refractivity contribution in [1.29, 1.82) is 0 Å². The molecule has 3 N–H and O–H groups in total. The van der Waals surface area contributed by atoms with Crippen LogP contribution in [-0.4, -0.2) is 34.7 Å². The van der Waals surface area contributed by atoms with Crippen LogP contribution < -0.4 is 5.73 Å². The lowest BCUT2D eigenvalue weighted by atomic mass is 9.91. The number of nitrogens with zero attached hydrogens (tertiary/aromatic N) is 1. The molecule has 96 valence electrons. The predicted octanol–water partition coefficient (Wildman–Crippen LogP) is 1.98. The summed E-state index contributed by atoms with van der Waals surface area (Å²) in [5.74, 6) is 0. The van der Waals surface area contributed by atoms with Gasteiger partial charge in [-0.25, -0.2) is 0 Å². The molecule has 0 spiro atoms. The van der Waals surface area contributed by atoms with Crippen molar-refractivity contribution >= 4 is 11.3 Å². The number of thiophene rings is 1. The van der Waals surface area contributed by atoms with Crippen LogP contribution in [0.4, 0.5) is 0 Å². The maximum atomic E-state index is 10.2. The van der Waals surface area contributed by atoms with Gasteiger partial charge in [0, 0.05) is 12.6 Å². The third kappa shape index (κ3) is 3.07. The molecule has 1 aromatic heterocycles. The lowest BCUT2D eigenvalue weighted by Gasteiger charge is -2.42. The third-order valence-electron chi connectivity index (χ3n) is 3.48. The Balaban J connectivity index is 2.17. The van der Waals surface area contributed by atoms with E-state index >= 15 is 0 Å². The Morgan fingerprint density at radius 1 is 1.59 bits per heavy atom. The molecule has 1 saturated heterocycles. The molecule has 0 radical (unpaired) electrons. The smallest absolute Gasteiger partial charge is 0.0746 e. The molecule has 1 fully saturated rings. The van der Waals surface area contributed by atoms with Crippen LogP contribution in [0.5, 0.6) is 0 Å². The van der Waals surface area contributed by atoms with Crippen molar-refractivity contribution in [1.82, 2.24) is 4.90 Å². The van der Waals surface area contributed by atoms with E-state index in [2.05, 4.69) is 21.7 Å². The Hall–Kier alpha value is -0.420. The lowest BCUT2D eigenvalue weighted by molar-refractivity contribution is -0.0332. The first-order chi connectivity index (χ1) is 7.99. The van der Waals surface area contributed by atoms with Gasteiger partial charge in [-0.1, -0.05) is 0 Å². The summed E-state index contributed by atoms with van der Waals surface area (Å²) in [6.45, 7) is 5.71. The maximum Gasteiger partial charge on any atom is 0.0746 e. The monoisotopic (exact) mass is 254 g/mol. The molecule has 1 aromatic rings. The highest BCUT2D eigenvalue weighted by Gasteiger charge is 2.34. The molecular weight excluding hydrogens is 232 g/mol. The van der Waals surface area contributed by atoms with E-state index in [0.29, 0.717) is 0 Å². The van der Waals surface area contributed by atoms with Crippen LogP contribution in [0.2, 0.25) is 0 Å². The van der Waals surface area contributed by atoms with Crippen LogP contribution in [0.1, 0.15) is 38.3 Å². The molecule has 0 aromatic carbocycles. The summed E-state index contributed by atoms with van der Waals surface area (Å²) < 4.78 is 0. The second-order valence-corrected chi connectivity index (χ2v) is 6.21. The van der Waals surface area contributed by atoms with E-state index in [1.165, 1.54) is 5.56 Å². The topological polar surface area (TPSA) is 49.5 Å². The molecule has 1 aliphatic heterocycles. The molecule has 0 saturated carbocycles. The zero-order valence-electron chi connectivity index (χ0n) is 10.6. The van der Waals surface area contributed by atoms with Crippen molar-refractivity contribution in [2.24, 2.45) is 5.73 Å². The van der Waals surface area contributed by atoms with E-state index < -0.39 is 5.60 Å². The number of β-amino-alcohol motifs (C(OH)–C–C–N with tert-alkyl or cyclic N) is 1. The molecule has 3 atom stereocenters. The minimum absolute atomic E-state index is 0.0819. The van der Waals surface area contributed by atoms with Crippen molar-refractivity contribution < 1.29 is 5.11 Å². The normalized spacial score (nSPS) is 30.1. The number of nitrogens with two attached hydrogens (primary N) is 1. The highest BCUT2D eigenvalue weighted by Crippen LogP contribution is 2.31. The SMILES string of the molecule is CC(N)C(c1ccsc1)N1CCCC(C)(O)C1.